The second kappa shape index (κ2) is 5.72. The number of hydrogen-bond donors (Lipinski definition) is 1. The molecule has 1 N–H and O–H groups in total. The molecule has 0 atom stereocenters. The summed E-state index contributed by atoms with van der Waals surface area (Å²) >= 11 is 11.8. The molecule has 5 heteroatoms. The van der Waals surface area contributed by atoms with Gasteiger partial charge in [-0.1, -0.05) is 53.5 Å². The van der Waals surface area contributed by atoms with Gasteiger partial charge in [0, 0.05) is 5.69 Å². The number of nitrogens with zero attached hydrogens (tertiary/aromatic N) is 1. The fraction of sp³-hybridized carbons (Fsp3) is 0. The van der Waals surface area contributed by atoms with Gasteiger partial charge < -0.3 is 5.32 Å². The normalized spacial score (nSPS) is 10.6. The van der Waals surface area contributed by atoms with Crippen LogP contribution in [0, 0.1) is 0 Å². The van der Waals surface area contributed by atoms with E-state index in [0.717, 1.165) is 10.8 Å². The first kappa shape index (κ1) is 13.9. The second-order valence-corrected chi connectivity index (χ2v) is 5.27. The summed E-state index contributed by atoms with van der Waals surface area (Å²) in [5, 5.41) is 5.41. The number of halogens is 2. The predicted molar refractivity (Wildman–Crippen MR) is 86.2 cm³/mol. The number of aromatic nitrogens is 1. The first-order chi connectivity index (χ1) is 10.1. The van der Waals surface area contributed by atoms with Gasteiger partial charge in [0.25, 0.3) is 5.91 Å². The molecule has 0 saturated heterocycles. The minimum Gasteiger partial charge on any atom is -0.321 e. The van der Waals surface area contributed by atoms with E-state index >= 15 is 0 Å². The summed E-state index contributed by atoms with van der Waals surface area (Å²) in [5.41, 5.74) is 0.786. The molecule has 3 nitrogen and oxygen atoms in total. The van der Waals surface area contributed by atoms with Crippen molar-refractivity contribution in [1.82, 2.24) is 4.98 Å². The Bertz CT molecular complexity index is 833. The van der Waals surface area contributed by atoms with Crippen LogP contribution >= 0.6 is 23.2 Å². The van der Waals surface area contributed by atoms with Crippen LogP contribution in [0.3, 0.4) is 0 Å². The summed E-state index contributed by atoms with van der Waals surface area (Å²) in [4.78, 5) is 16.2. The van der Waals surface area contributed by atoms with E-state index in [2.05, 4.69) is 10.3 Å². The molecular weight excluding hydrogens is 307 g/mol. The SMILES string of the molecule is O=C(Nc1ccc2ccccc2c1)c1nc(Cl)ccc1Cl. The van der Waals surface area contributed by atoms with E-state index in [1.54, 1.807) is 6.07 Å². The van der Waals surface area contributed by atoms with E-state index in [1.807, 2.05) is 42.5 Å². The number of carbonyl (C=O) groups excluding carboxylic acids is 1. The minimum absolute atomic E-state index is 0.109. The number of benzene rings is 2. The number of carbonyl (C=O) groups is 1. The molecule has 104 valence electrons. The number of nitrogens with one attached hydrogen (secondary N) is 1. The molecule has 0 fully saturated rings. The summed E-state index contributed by atoms with van der Waals surface area (Å²) in [6.07, 6.45) is 0. The molecule has 21 heavy (non-hydrogen) atoms. The fourth-order valence-corrected chi connectivity index (χ4v) is 2.37. The van der Waals surface area contributed by atoms with Crippen molar-refractivity contribution in [1.29, 1.82) is 0 Å². The van der Waals surface area contributed by atoms with Gasteiger partial charge in [-0.05, 0) is 35.0 Å². The highest BCUT2D eigenvalue weighted by Gasteiger charge is 2.13. The van der Waals surface area contributed by atoms with Gasteiger partial charge in [0.05, 0.1) is 5.02 Å². The van der Waals surface area contributed by atoms with Gasteiger partial charge in [-0.25, -0.2) is 4.98 Å². The number of hydrogen-bond acceptors (Lipinski definition) is 2. The molecule has 0 spiro atoms. The van der Waals surface area contributed by atoms with Crippen molar-refractivity contribution < 1.29 is 4.79 Å². The molecule has 1 aromatic heterocycles. The maximum atomic E-state index is 12.2. The molecule has 3 aromatic rings. The van der Waals surface area contributed by atoms with Crippen LogP contribution in [0.4, 0.5) is 5.69 Å². The van der Waals surface area contributed by atoms with Crippen molar-refractivity contribution >= 4 is 45.6 Å². The third-order valence-corrected chi connectivity index (χ3v) is 3.55. The van der Waals surface area contributed by atoms with Crippen LogP contribution in [0.1, 0.15) is 10.5 Å². The first-order valence-corrected chi connectivity index (χ1v) is 7.01. The Morgan fingerprint density at radius 3 is 2.52 bits per heavy atom. The highest BCUT2D eigenvalue weighted by atomic mass is 35.5. The van der Waals surface area contributed by atoms with E-state index in [0.29, 0.717) is 5.69 Å². The number of amides is 1. The highest BCUT2D eigenvalue weighted by molar-refractivity contribution is 6.35. The molecule has 1 heterocycles. The third-order valence-electron chi connectivity index (χ3n) is 3.03. The van der Waals surface area contributed by atoms with E-state index in [4.69, 9.17) is 23.2 Å². The van der Waals surface area contributed by atoms with E-state index in [9.17, 15) is 4.79 Å². The van der Waals surface area contributed by atoms with Gasteiger partial charge in [-0.2, -0.15) is 0 Å². The van der Waals surface area contributed by atoms with Gasteiger partial charge in [-0.15, -0.1) is 0 Å². The molecular formula is C16H10Cl2N2O. The fourth-order valence-electron chi connectivity index (χ4n) is 2.03. The molecule has 0 aliphatic rings. The maximum Gasteiger partial charge on any atom is 0.275 e. The Morgan fingerprint density at radius 2 is 1.71 bits per heavy atom. The van der Waals surface area contributed by atoms with Crippen LogP contribution in [0.2, 0.25) is 10.2 Å². The van der Waals surface area contributed by atoms with Crippen LogP contribution in [0.5, 0.6) is 0 Å². The summed E-state index contributed by atoms with van der Waals surface area (Å²) in [5.74, 6) is -0.391. The molecule has 3 rings (SSSR count). The third kappa shape index (κ3) is 2.99. The predicted octanol–water partition coefficient (Wildman–Crippen LogP) is 4.79. The Balaban J connectivity index is 1.90. The Labute approximate surface area is 131 Å². The zero-order valence-electron chi connectivity index (χ0n) is 10.8. The lowest BCUT2D eigenvalue weighted by Gasteiger charge is -2.07. The van der Waals surface area contributed by atoms with Crippen molar-refractivity contribution in [2.24, 2.45) is 0 Å². The van der Waals surface area contributed by atoms with Crippen molar-refractivity contribution in [3.63, 3.8) is 0 Å². The Morgan fingerprint density at radius 1 is 0.952 bits per heavy atom. The number of anilines is 1. The molecule has 0 saturated carbocycles. The summed E-state index contributed by atoms with van der Waals surface area (Å²) < 4.78 is 0. The van der Waals surface area contributed by atoms with Gasteiger partial charge in [0.2, 0.25) is 0 Å². The topological polar surface area (TPSA) is 42.0 Å². The Kier molecular flexibility index (Phi) is 3.78. The first-order valence-electron chi connectivity index (χ1n) is 6.26. The smallest absolute Gasteiger partial charge is 0.275 e. The average Bonchev–Trinajstić information content (AvgIpc) is 2.49. The quantitative estimate of drug-likeness (QED) is 0.690. The van der Waals surface area contributed by atoms with Crippen LogP contribution < -0.4 is 5.32 Å². The van der Waals surface area contributed by atoms with Crippen LogP contribution in [0.25, 0.3) is 10.8 Å². The lowest BCUT2D eigenvalue weighted by atomic mass is 10.1. The zero-order valence-corrected chi connectivity index (χ0v) is 12.3. The average molecular weight is 317 g/mol. The molecule has 1 amide bonds. The summed E-state index contributed by atoms with van der Waals surface area (Å²) in [6, 6.07) is 16.7. The van der Waals surface area contributed by atoms with Gasteiger partial charge in [0.15, 0.2) is 0 Å². The molecule has 0 aliphatic heterocycles. The summed E-state index contributed by atoms with van der Waals surface area (Å²) in [6.45, 7) is 0. The number of pyridine rings is 1. The van der Waals surface area contributed by atoms with Gasteiger partial charge in [-0.3, -0.25) is 4.79 Å². The number of fused-ring (bicyclic) bond motifs is 1. The van der Waals surface area contributed by atoms with E-state index in [1.165, 1.54) is 6.07 Å². The van der Waals surface area contributed by atoms with Crippen LogP contribution in [0.15, 0.2) is 54.6 Å². The monoisotopic (exact) mass is 316 g/mol. The molecule has 2 aromatic carbocycles. The van der Waals surface area contributed by atoms with E-state index in [-0.39, 0.29) is 15.9 Å². The van der Waals surface area contributed by atoms with Crippen molar-refractivity contribution in [3.8, 4) is 0 Å². The van der Waals surface area contributed by atoms with Crippen LogP contribution in [-0.4, -0.2) is 10.9 Å². The second-order valence-electron chi connectivity index (χ2n) is 4.48. The zero-order chi connectivity index (χ0) is 14.8. The van der Waals surface area contributed by atoms with Crippen molar-refractivity contribution in [3.05, 3.63) is 70.5 Å². The lowest BCUT2D eigenvalue weighted by molar-refractivity contribution is 0.102. The van der Waals surface area contributed by atoms with Crippen molar-refractivity contribution in [2.75, 3.05) is 5.32 Å². The molecule has 0 aliphatic carbocycles. The van der Waals surface area contributed by atoms with Crippen LogP contribution in [-0.2, 0) is 0 Å². The van der Waals surface area contributed by atoms with E-state index < -0.39 is 5.91 Å². The van der Waals surface area contributed by atoms with Gasteiger partial charge >= 0.3 is 0 Å². The Hall–Kier alpha value is -2.10. The lowest BCUT2D eigenvalue weighted by Crippen LogP contribution is -2.14. The highest BCUT2D eigenvalue weighted by Crippen LogP contribution is 2.21. The summed E-state index contributed by atoms with van der Waals surface area (Å²) in [7, 11) is 0. The number of rotatable bonds is 2. The molecule has 0 radical (unpaired) electrons. The van der Waals surface area contributed by atoms with Crippen molar-refractivity contribution in [2.45, 2.75) is 0 Å². The van der Waals surface area contributed by atoms with Gasteiger partial charge in [0.1, 0.15) is 10.8 Å². The standard InChI is InChI=1S/C16H10Cl2N2O/c17-13-7-8-14(18)20-15(13)16(21)19-12-6-5-10-3-1-2-4-11(10)9-12/h1-9H,(H,19,21). The molecule has 0 bridgehead atoms. The minimum atomic E-state index is -0.391. The largest absolute Gasteiger partial charge is 0.321 e. The molecule has 0 unspecified atom stereocenters. The maximum absolute atomic E-state index is 12.2.